The largest absolute Gasteiger partial charge is 0.381 e. The summed E-state index contributed by atoms with van der Waals surface area (Å²) in [6.45, 7) is 4.20. The van der Waals surface area contributed by atoms with Gasteiger partial charge in [0.1, 0.15) is 6.33 Å². The van der Waals surface area contributed by atoms with E-state index in [4.69, 9.17) is 4.74 Å². The number of nitrogens with one attached hydrogen (secondary N) is 2. The van der Waals surface area contributed by atoms with Gasteiger partial charge in [-0.2, -0.15) is 4.39 Å². The van der Waals surface area contributed by atoms with E-state index in [9.17, 15) is 13.6 Å². The number of nitrogens with zero attached hydrogens (tertiary/aromatic N) is 4. The summed E-state index contributed by atoms with van der Waals surface area (Å²) in [7, 11) is 4.00. The third-order valence-corrected chi connectivity index (χ3v) is 7.67. The van der Waals surface area contributed by atoms with Gasteiger partial charge >= 0.3 is 0 Å². The first-order chi connectivity index (χ1) is 19.1. The molecule has 0 atom stereocenters. The summed E-state index contributed by atoms with van der Waals surface area (Å²) in [5.74, 6) is -3.21. The van der Waals surface area contributed by atoms with E-state index in [0.717, 1.165) is 38.3 Å². The maximum Gasteiger partial charge on any atom is 0.270 e. The van der Waals surface area contributed by atoms with Gasteiger partial charge in [0, 0.05) is 63.2 Å². The lowest BCUT2D eigenvalue weighted by Crippen LogP contribution is -2.41. The molecular formula is C29H41F3N6O2. The lowest BCUT2D eigenvalue weighted by atomic mass is 9.77. The Balaban J connectivity index is 1.43. The molecule has 2 N–H and O–H groups in total. The quantitative estimate of drug-likeness (QED) is 0.327. The van der Waals surface area contributed by atoms with Crippen LogP contribution in [-0.2, 0) is 22.0 Å². The molecule has 0 unspecified atom stereocenters. The Morgan fingerprint density at radius 2 is 1.85 bits per heavy atom. The van der Waals surface area contributed by atoms with E-state index in [0.29, 0.717) is 52.1 Å². The number of anilines is 2. The number of ether oxygens (including phenoxy) is 1. The van der Waals surface area contributed by atoms with Crippen LogP contribution in [0.15, 0.2) is 30.6 Å². The molecule has 2 fully saturated rings. The van der Waals surface area contributed by atoms with Crippen molar-refractivity contribution < 1.29 is 22.7 Å². The van der Waals surface area contributed by atoms with E-state index in [1.54, 1.807) is 12.1 Å². The van der Waals surface area contributed by atoms with Crippen LogP contribution >= 0.6 is 0 Å². The summed E-state index contributed by atoms with van der Waals surface area (Å²) < 4.78 is 48.6. The van der Waals surface area contributed by atoms with E-state index in [1.807, 2.05) is 19.0 Å². The maximum absolute atomic E-state index is 15.8. The van der Waals surface area contributed by atoms with Crippen molar-refractivity contribution >= 4 is 17.5 Å². The molecule has 11 heteroatoms. The van der Waals surface area contributed by atoms with Crippen LogP contribution < -0.4 is 15.5 Å². The monoisotopic (exact) mass is 562 g/mol. The molecule has 1 saturated carbocycles. The first kappa shape index (κ1) is 30.0. The standard InChI is InChI=1S/C29H41F3N6O2/c1-28(31,32)22-7-5-21(6-8-22)18-38(23-9-10-23)27-25(30)26(35-20-36-27)34-19-29(11-15-40-16-12-29)17-24(39)33-13-4-14-37(2)3/h5-8,20,23H,4,9-19H2,1-3H3,(H,33,39)(H,34,35,36). The van der Waals surface area contributed by atoms with Crippen molar-refractivity contribution in [3.8, 4) is 0 Å². The molecule has 1 aliphatic heterocycles. The average molecular weight is 563 g/mol. The van der Waals surface area contributed by atoms with E-state index in [-0.39, 0.29) is 34.6 Å². The molecule has 1 saturated heterocycles. The van der Waals surface area contributed by atoms with Crippen LogP contribution in [0, 0.1) is 11.2 Å². The number of carbonyl (C=O) groups is 1. The molecule has 1 aromatic carbocycles. The van der Waals surface area contributed by atoms with Crippen LogP contribution in [0.25, 0.3) is 0 Å². The Labute approximate surface area is 234 Å². The molecule has 2 aliphatic rings. The summed E-state index contributed by atoms with van der Waals surface area (Å²) in [5, 5.41) is 6.19. The van der Waals surface area contributed by atoms with Gasteiger partial charge in [-0.15, -0.1) is 0 Å². The van der Waals surface area contributed by atoms with Crippen molar-refractivity contribution in [3.63, 3.8) is 0 Å². The highest BCUT2D eigenvalue weighted by atomic mass is 19.3. The predicted octanol–water partition coefficient (Wildman–Crippen LogP) is 4.56. The van der Waals surface area contributed by atoms with E-state index < -0.39 is 11.7 Å². The molecule has 0 spiro atoms. The highest BCUT2D eigenvalue weighted by Gasteiger charge is 2.36. The highest BCUT2D eigenvalue weighted by molar-refractivity contribution is 5.76. The van der Waals surface area contributed by atoms with Crippen LogP contribution in [0.2, 0.25) is 0 Å². The van der Waals surface area contributed by atoms with E-state index in [1.165, 1.54) is 18.5 Å². The minimum atomic E-state index is -2.91. The van der Waals surface area contributed by atoms with Crippen molar-refractivity contribution in [3.05, 3.63) is 47.5 Å². The zero-order valence-electron chi connectivity index (χ0n) is 23.7. The van der Waals surface area contributed by atoms with Gasteiger partial charge in [-0.3, -0.25) is 4.79 Å². The third-order valence-electron chi connectivity index (χ3n) is 7.67. The number of hydrogen-bond donors (Lipinski definition) is 2. The van der Waals surface area contributed by atoms with Crippen molar-refractivity contribution in [2.45, 2.75) is 64.0 Å². The first-order valence-corrected chi connectivity index (χ1v) is 14.0. The number of benzene rings is 1. The fourth-order valence-corrected chi connectivity index (χ4v) is 5.06. The number of hydrogen-bond acceptors (Lipinski definition) is 7. The van der Waals surface area contributed by atoms with Crippen LogP contribution in [-0.4, -0.2) is 73.8 Å². The normalized spacial score (nSPS) is 17.1. The van der Waals surface area contributed by atoms with Gasteiger partial charge in [-0.25, -0.2) is 18.7 Å². The fourth-order valence-electron chi connectivity index (χ4n) is 5.06. The second-order valence-electron chi connectivity index (χ2n) is 11.5. The molecule has 1 aromatic heterocycles. The SMILES string of the molecule is CN(C)CCCNC(=O)CC1(CNc2ncnc(N(Cc3ccc(C(C)(F)F)cc3)C3CC3)c2F)CCOCC1. The zero-order valence-corrected chi connectivity index (χ0v) is 23.7. The Bertz CT molecular complexity index is 1120. The Morgan fingerprint density at radius 1 is 1.15 bits per heavy atom. The van der Waals surface area contributed by atoms with Gasteiger partial charge in [0.2, 0.25) is 11.7 Å². The minimum absolute atomic E-state index is 0.0157. The fraction of sp³-hybridized carbons (Fsp3) is 0.621. The summed E-state index contributed by atoms with van der Waals surface area (Å²) in [4.78, 5) is 25.2. The molecule has 0 radical (unpaired) electrons. The Hall–Kier alpha value is -2.92. The number of alkyl halides is 2. The van der Waals surface area contributed by atoms with Gasteiger partial charge < -0.3 is 25.2 Å². The summed E-state index contributed by atoms with van der Waals surface area (Å²) in [6, 6.07) is 6.26. The van der Waals surface area contributed by atoms with Gasteiger partial charge in [0.25, 0.3) is 5.92 Å². The van der Waals surface area contributed by atoms with Gasteiger partial charge in [0.05, 0.1) is 0 Å². The van der Waals surface area contributed by atoms with Gasteiger partial charge in [0.15, 0.2) is 11.6 Å². The number of aromatic nitrogens is 2. The molecule has 2 heterocycles. The second-order valence-corrected chi connectivity index (χ2v) is 11.5. The molecule has 40 heavy (non-hydrogen) atoms. The van der Waals surface area contributed by atoms with E-state index in [2.05, 4.69) is 25.5 Å². The zero-order chi connectivity index (χ0) is 28.8. The predicted molar refractivity (Wildman–Crippen MR) is 149 cm³/mol. The van der Waals surface area contributed by atoms with Gasteiger partial charge in [-0.05, 0) is 58.3 Å². The summed E-state index contributed by atoms with van der Waals surface area (Å²) in [6.07, 6.45) is 5.72. The van der Waals surface area contributed by atoms with Crippen molar-refractivity contribution in [2.75, 3.05) is 57.2 Å². The first-order valence-electron chi connectivity index (χ1n) is 14.0. The van der Waals surface area contributed by atoms with Crippen LogP contribution in [0.5, 0.6) is 0 Å². The maximum atomic E-state index is 15.8. The van der Waals surface area contributed by atoms with Crippen LogP contribution in [0.3, 0.4) is 0 Å². The molecule has 220 valence electrons. The topological polar surface area (TPSA) is 82.6 Å². The lowest BCUT2D eigenvalue weighted by Gasteiger charge is -2.37. The number of rotatable bonds is 14. The number of carbonyl (C=O) groups excluding carboxylic acids is 1. The minimum Gasteiger partial charge on any atom is -0.381 e. The molecule has 0 bridgehead atoms. The third kappa shape index (κ3) is 8.30. The molecule has 1 aliphatic carbocycles. The second kappa shape index (κ2) is 13.2. The smallest absolute Gasteiger partial charge is 0.270 e. The summed E-state index contributed by atoms with van der Waals surface area (Å²) in [5.41, 5.74) is 0.365. The van der Waals surface area contributed by atoms with Crippen LogP contribution in [0.4, 0.5) is 24.8 Å². The average Bonchev–Trinajstić information content (AvgIpc) is 3.75. The molecular weight excluding hydrogens is 521 g/mol. The van der Waals surface area contributed by atoms with Crippen molar-refractivity contribution in [1.82, 2.24) is 20.2 Å². The van der Waals surface area contributed by atoms with Crippen LogP contribution in [0.1, 0.15) is 56.6 Å². The molecule has 1 amide bonds. The Morgan fingerprint density at radius 3 is 2.48 bits per heavy atom. The highest BCUT2D eigenvalue weighted by Crippen LogP contribution is 2.37. The molecule has 4 rings (SSSR count). The van der Waals surface area contributed by atoms with E-state index >= 15 is 4.39 Å². The van der Waals surface area contributed by atoms with Crippen molar-refractivity contribution in [2.24, 2.45) is 5.41 Å². The van der Waals surface area contributed by atoms with Gasteiger partial charge in [-0.1, -0.05) is 24.3 Å². The number of halogens is 3. The Kier molecular flexibility index (Phi) is 9.89. The number of amides is 1. The molecule has 8 nitrogen and oxygen atoms in total. The van der Waals surface area contributed by atoms with Crippen molar-refractivity contribution in [1.29, 1.82) is 0 Å². The summed E-state index contributed by atoms with van der Waals surface area (Å²) >= 11 is 0. The molecule has 2 aromatic rings. The lowest BCUT2D eigenvalue weighted by molar-refractivity contribution is -0.124.